The summed E-state index contributed by atoms with van der Waals surface area (Å²) in [6.45, 7) is 7.50. The minimum Gasteiger partial charge on any atom is -0.363 e. The van der Waals surface area contributed by atoms with Crippen LogP contribution in [0.2, 0.25) is 0 Å². The Balaban J connectivity index is 1.85. The molecule has 3 aliphatic rings. The number of hydrogen-bond donors (Lipinski definition) is 4. The van der Waals surface area contributed by atoms with E-state index in [0.717, 1.165) is 32.1 Å². The summed E-state index contributed by atoms with van der Waals surface area (Å²) in [4.78, 5) is 65.5. The van der Waals surface area contributed by atoms with Crippen LogP contribution >= 0.6 is 23.2 Å². The van der Waals surface area contributed by atoms with Crippen molar-refractivity contribution < 1.29 is 24.0 Å². The Labute approximate surface area is 228 Å². The highest BCUT2D eigenvalue weighted by atomic mass is 35.5. The van der Waals surface area contributed by atoms with Crippen LogP contribution in [0.5, 0.6) is 0 Å². The van der Waals surface area contributed by atoms with Crippen molar-refractivity contribution in [2.45, 2.75) is 101 Å². The van der Waals surface area contributed by atoms with Crippen molar-refractivity contribution in [2.75, 3.05) is 6.54 Å². The Hall–Kier alpha value is -2.07. The molecule has 2 saturated carbocycles. The van der Waals surface area contributed by atoms with Gasteiger partial charge in [0.2, 0.25) is 17.6 Å². The highest BCUT2D eigenvalue weighted by Gasteiger charge is 2.74. The molecule has 3 fully saturated rings. The second-order valence-corrected chi connectivity index (χ2v) is 13.0. The Morgan fingerprint density at radius 3 is 2.22 bits per heavy atom. The minimum absolute atomic E-state index is 0.0753. The number of carbonyl (C=O) groups is 5. The van der Waals surface area contributed by atoms with E-state index in [1.165, 1.54) is 4.90 Å². The molecule has 0 radical (unpaired) electrons. The monoisotopic (exact) mass is 559 g/mol. The van der Waals surface area contributed by atoms with E-state index in [2.05, 4.69) is 16.0 Å². The smallest absolute Gasteiger partial charge is 0.315 e. The van der Waals surface area contributed by atoms with Gasteiger partial charge in [-0.3, -0.25) is 19.2 Å². The van der Waals surface area contributed by atoms with Crippen molar-refractivity contribution >= 4 is 52.7 Å². The number of halogens is 2. The van der Waals surface area contributed by atoms with Crippen LogP contribution in [0.1, 0.15) is 72.6 Å². The highest BCUT2D eigenvalue weighted by Crippen LogP contribution is 2.65. The van der Waals surface area contributed by atoms with E-state index in [1.807, 2.05) is 20.8 Å². The molecule has 5 atom stereocenters. The Kier molecular flexibility index (Phi) is 9.05. The van der Waals surface area contributed by atoms with Gasteiger partial charge in [0.25, 0.3) is 5.91 Å². The second-order valence-electron chi connectivity index (χ2n) is 11.5. The van der Waals surface area contributed by atoms with Crippen molar-refractivity contribution in [1.82, 2.24) is 20.9 Å². The third-order valence-electron chi connectivity index (χ3n) is 7.50. The van der Waals surface area contributed by atoms with Gasteiger partial charge in [0.1, 0.15) is 16.4 Å². The molecular weight excluding hydrogens is 521 g/mol. The van der Waals surface area contributed by atoms with Crippen LogP contribution < -0.4 is 21.7 Å². The summed E-state index contributed by atoms with van der Waals surface area (Å²) in [7, 11) is 0. The fraction of sp³-hybridized carbons (Fsp3) is 0.800. The standard InChI is InChI=1S/C25H39Cl2N5O5/c1-5-9-15(19(33)20(28)34)29-21(35)18-16-14(25(16,26)27)12-32(18)22(36)17(13-10-7-6-8-11-13)30-23(37)31-24(2,3)4/h13-18H,5-12H2,1-4H3,(H2,28,34)(H,29,35)(H2,30,31,37)/t14?,15?,16?,17-,18?/m0/s1. The quantitative estimate of drug-likeness (QED) is 0.251. The number of rotatable bonds is 9. The molecule has 1 saturated heterocycles. The molecule has 1 heterocycles. The number of likely N-dealkylation sites (tertiary alicyclic amines) is 1. The molecular formula is C25H39Cl2N5O5. The number of hydrogen-bond acceptors (Lipinski definition) is 5. The molecule has 4 unspecified atom stereocenters. The number of Topliss-reactive ketones (excluding diaryl/α,β-unsaturated/α-hetero) is 1. The van der Waals surface area contributed by atoms with Crippen molar-refractivity contribution in [3.8, 4) is 0 Å². The van der Waals surface area contributed by atoms with E-state index in [-0.39, 0.29) is 30.7 Å². The predicted molar refractivity (Wildman–Crippen MR) is 140 cm³/mol. The number of piperidine rings is 1. The van der Waals surface area contributed by atoms with Crippen LogP contribution in [0.25, 0.3) is 0 Å². The molecule has 0 spiro atoms. The number of ketones is 1. The Bertz CT molecular complexity index is 931. The first kappa shape index (κ1) is 29.5. The second kappa shape index (κ2) is 11.4. The summed E-state index contributed by atoms with van der Waals surface area (Å²) in [5, 5.41) is 8.32. The summed E-state index contributed by atoms with van der Waals surface area (Å²) < 4.78 is -1.18. The summed E-state index contributed by atoms with van der Waals surface area (Å²) in [5.41, 5.74) is 4.67. The van der Waals surface area contributed by atoms with E-state index < -0.39 is 57.5 Å². The van der Waals surface area contributed by atoms with Gasteiger partial charge >= 0.3 is 6.03 Å². The normalized spacial score (nSPS) is 26.4. The van der Waals surface area contributed by atoms with Gasteiger partial charge in [0.05, 0.1) is 6.04 Å². The predicted octanol–water partition coefficient (Wildman–Crippen LogP) is 2.00. The fourth-order valence-corrected chi connectivity index (χ4v) is 6.49. The molecule has 208 valence electrons. The van der Waals surface area contributed by atoms with Crippen molar-refractivity contribution in [2.24, 2.45) is 23.5 Å². The number of fused-ring (bicyclic) bond motifs is 1. The maximum absolute atomic E-state index is 14.0. The van der Waals surface area contributed by atoms with E-state index >= 15 is 0 Å². The highest BCUT2D eigenvalue weighted by molar-refractivity contribution is 6.51. The summed E-state index contributed by atoms with van der Waals surface area (Å²) in [5.74, 6) is -3.95. The molecule has 37 heavy (non-hydrogen) atoms. The van der Waals surface area contributed by atoms with Gasteiger partial charge in [-0.25, -0.2) is 4.79 Å². The molecule has 2 aliphatic carbocycles. The number of nitrogens with zero attached hydrogens (tertiary/aromatic N) is 1. The lowest BCUT2D eigenvalue weighted by atomic mass is 9.83. The van der Waals surface area contributed by atoms with Crippen molar-refractivity contribution in [3.05, 3.63) is 0 Å². The lowest BCUT2D eigenvalue weighted by molar-refractivity contribution is -0.144. The van der Waals surface area contributed by atoms with E-state index in [0.29, 0.717) is 6.42 Å². The molecule has 0 bridgehead atoms. The molecule has 5 N–H and O–H groups in total. The molecule has 0 aromatic rings. The number of urea groups is 1. The van der Waals surface area contributed by atoms with Gasteiger partial charge in [-0.15, -0.1) is 23.2 Å². The van der Waals surface area contributed by atoms with Crippen LogP contribution in [0, 0.1) is 17.8 Å². The first-order chi connectivity index (χ1) is 17.2. The molecule has 3 rings (SSSR count). The average Bonchev–Trinajstić information content (AvgIpc) is 3.14. The van der Waals surface area contributed by atoms with E-state index in [1.54, 1.807) is 6.92 Å². The van der Waals surface area contributed by atoms with Gasteiger partial charge in [-0.05, 0) is 46.0 Å². The van der Waals surface area contributed by atoms with Crippen molar-refractivity contribution in [3.63, 3.8) is 0 Å². The van der Waals surface area contributed by atoms with Crippen LogP contribution in [-0.2, 0) is 19.2 Å². The van der Waals surface area contributed by atoms with E-state index in [4.69, 9.17) is 28.9 Å². The zero-order chi connectivity index (χ0) is 27.7. The lowest BCUT2D eigenvalue weighted by Gasteiger charge is -2.37. The first-order valence-corrected chi connectivity index (χ1v) is 13.9. The summed E-state index contributed by atoms with van der Waals surface area (Å²) in [6, 6.07) is -3.42. The average molecular weight is 561 g/mol. The van der Waals surface area contributed by atoms with Crippen LogP contribution in [-0.4, -0.2) is 69.0 Å². The SMILES string of the molecule is CCCC(NC(=O)C1C2C(CN1C(=O)[C@@H](NC(=O)NC(C)(C)C)C1CCCCC1)C2(Cl)Cl)C(=O)C(N)=O. The van der Waals surface area contributed by atoms with Crippen LogP contribution in [0.15, 0.2) is 0 Å². The van der Waals surface area contributed by atoms with Crippen LogP contribution in [0.3, 0.4) is 0 Å². The molecule has 5 amide bonds. The number of amides is 5. The molecule has 10 nitrogen and oxygen atoms in total. The maximum Gasteiger partial charge on any atom is 0.315 e. The molecule has 12 heteroatoms. The topological polar surface area (TPSA) is 151 Å². The largest absolute Gasteiger partial charge is 0.363 e. The summed E-state index contributed by atoms with van der Waals surface area (Å²) >= 11 is 12.9. The Morgan fingerprint density at radius 2 is 1.68 bits per heavy atom. The van der Waals surface area contributed by atoms with Gasteiger partial charge in [0, 0.05) is 23.9 Å². The third-order valence-corrected chi connectivity index (χ3v) is 8.56. The van der Waals surface area contributed by atoms with Gasteiger partial charge in [-0.1, -0.05) is 32.6 Å². The molecule has 0 aromatic heterocycles. The van der Waals surface area contributed by atoms with Gasteiger partial charge in [-0.2, -0.15) is 0 Å². The maximum atomic E-state index is 14.0. The van der Waals surface area contributed by atoms with Gasteiger partial charge in [0.15, 0.2) is 0 Å². The lowest BCUT2D eigenvalue weighted by Crippen LogP contribution is -2.61. The zero-order valence-corrected chi connectivity index (χ0v) is 23.5. The fourth-order valence-electron chi connectivity index (χ4n) is 5.66. The van der Waals surface area contributed by atoms with Crippen molar-refractivity contribution in [1.29, 1.82) is 0 Å². The zero-order valence-electron chi connectivity index (χ0n) is 21.9. The van der Waals surface area contributed by atoms with Gasteiger partial charge < -0.3 is 26.6 Å². The molecule has 0 aromatic carbocycles. The third kappa shape index (κ3) is 6.69. The molecule has 1 aliphatic heterocycles. The number of nitrogens with one attached hydrogen (secondary N) is 3. The number of alkyl halides is 2. The van der Waals surface area contributed by atoms with Crippen LogP contribution in [0.4, 0.5) is 4.79 Å². The summed E-state index contributed by atoms with van der Waals surface area (Å²) in [6.07, 6.45) is 5.27. The minimum atomic E-state index is -1.18. The number of nitrogens with two attached hydrogens (primary N) is 1. The number of carbonyl (C=O) groups excluding carboxylic acids is 5. The number of primary amides is 1. The Morgan fingerprint density at radius 1 is 1.05 bits per heavy atom. The van der Waals surface area contributed by atoms with E-state index in [9.17, 15) is 24.0 Å². The first-order valence-electron chi connectivity index (χ1n) is 13.1.